The van der Waals surface area contributed by atoms with Gasteiger partial charge in [0, 0.05) is 17.1 Å². The molecule has 0 spiro atoms. The average molecular weight is 402 g/mol. The smallest absolute Gasteiger partial charge is 0.251 e. The Kier molecular flexibility index (Phi) is 5.79. The van der Waals surface area contributed by atoms with E-state index in [1.165, 1.54) is 11.1 Å². The Labute approximate surface area is 157 Å². The fraction of sp³-hybridized carbons (Fsp3) is 0.381. The SMILES string of the molecule is CCCCOc1ccc(C(=O)NC)c([C@@H]2Cc3ccc(Br)cc3C2)c1. The Morgan fingerprint density at radius 3 is 2.76 bits per heavy atom. The third-order valence-electron chi connectivity index (χ3n) is 4.80. The van der Waals surface area contributed by atoms with Crippen LogP contribution in [0.1, 0.15) is 52.7 Å². The Morgan fingerprint density at radius 1 is 1.20 bits per heavy atom. The van der Waals surface area contributed by atoms with Gasteiger partial charge in [0.2, 0.25) is 0 Å². The lowest BCUT2D eigenvalue weighted by molar-refractivity contribution is 0.0961. The van der Waals surface area contributed by atoms with E-state index >= 15 is 0 Å². The molecule has 1 aliphatic carbocycles. The lowest BCUT2D eigenvalue weighted by atomic mass is 9.91. The van der Waals surface area contributed by atoms with Crippen molar-refractivity contribution >= 4 is 21.8 Å². The van der Waals surface area contributed by atoms with Gasteiger partial charge < -0.3 is 10.1 Å². The van der Waals surface area contributed by atoms with Gasteiger partial charge in [0.25, 0.3) is 5.91 Å². The molecule has 2 aromatic rings. The van der Waals surface area contributed by atoms with Gasteiger partial charge in [-0.2, -0.15) is 0 Å². The number of unbranched alkanes of at least 4 members (excludes halogenated alkanes) is 1. The van der Waals surface area contributed by atoms with Crippen LogP contribution in [0.25, 0.3) is 0 Å². The molecule has 0 fully saturated rings. The zero-order valence-electron chi connectivity index (χ0n) is 14.8. The largest absolute Gasteiger partial charge is 0.494 e. The minimum absolute atomic E-state index is 0.0350. The van der Waals surface area contributed by atoms with Crippen molar-refractivity contribution in [1.82, 2.24) is 5.32 Å². The third kappa shape index (κ3) is 4.06. The van der Waals surface area contributed by atoms with Gasteiger partial charge in [0.05, 0.1) is 6.61 Å². The van der Waals surface area contributed by atoms with Crippen molar-refractivity contribution in [2.75, 3.05) is 13.7 Å². The van der Waals surface area contributed by atoms with Crippen molar-refractivity contribution in [3.8, 4) is 5.75 Å². The van der Waals surface area contributed by atoms with Gasteiger partial charge >= 0.3 is 0 Å². The first-order chi connectivity index (χ1) is 12.1. The molecule has 0 heterocycles. The number of carbonyl (C=O) groups is 1. The molecule has 4 heteroatoms. The molecule has 1 aliphatic rings. The van der Waals surface area contributed by atoms with Crippen molar-refractivity contribution in [2.24, 2.45) is 0 Å². The first kappa shape index (κ1) is 18.0. The van der Waals surface area contributed by atoms with Crippen molar-refractivity contribution in [2.45, 2.75) is 38.5 Å². The predicted molar refractivity (Wildman–Crippen MR) is 105 cm³/mol. The first-order valence-electron chi connectivity index (χ1n) is 8.88. The van der Waals surface area contributed by atoms with E-state index in [-0.39, 0.29) is 5.91 Å². The minimum Gasteiger partial charge on any atom is -0.494 e. The summed E-state index contributed by atoms with van der Waals surface area (Å²) in [5.74, 6) is 1.13. The standard InChI is InChI=1S/C21H24BrNO2/c1-3-4-9-25-18-7-8-19(21(24)23-2)20(13-18)16-10-14-5-6-17(22)12-15(14)11-16/h5-8,12-13,16H,3-4,9-11H2,1-2H3,(H,23,24)/t16-/m1/s1. The number of nitrogens with one attached hydrogen (secondary N) is 1. The molecule has 3 nitrogen and oxygen atoms in total. The van der Waals surface area contributed by atoms with E-state index in [9.17, 15) is 4.79 Å². The number of carbonyl (C=O) groups excluding carboxylic acids is 1. The summed E-state index contributed by atoms with van der Waals surface area (Å²) in [5, 5.41) is 2.76. The zero-order chi connectivity index (χ0) is 17.8. The molecule has 0 aromatic heterocycles. The van der Waals surface area contributed by atoms with Crippen LogP contribution < -0.4 is 10.1 Å². The second-order valence-corrected chi connectivity index (χ2v) is 7.46. The molecular weight excluding hydrogens is 378 g/mol. The van der Waals surface area contributed by atoms with Crippen LogP contribution in [0.5, 0.6) is 5.75 Å². The molecule has 0 radical (unpaired) electrons. The monoisotopic (exact) mass is 401 g/mol. The number of halogens is 1. The molecule has 1 amide bonds. The molecule has 0 saturated carbocycles. The Morgan fingerprint density at radius 2 is 2.00 bits per heavy atom. The van der Waals surface area contributed by atoms with Crippen molar-refractivity contribution in [1.29, 1.82) is 0 Å². The van der Waals surface area contributed by atoms with Crippen LogP contribution in [-0.4, -0.2) is 19.6 Å². The van der Waals surface area contributed by atoms with Gasteiger partial charge in [-0.3, -0.25) is 4.79 Å². The zero-order valence-corrected chi connectivity index (χ0v) is 16.4. The number of amides is 1. The van der Waals surface area contributed by atoms with E-state index in [4.69, 9.17) is 4.74 Å². The summed E-state index contributed by atoms with van der Waals surface area (Å²) in [6.45, 7) is 2.87. The number of fused-ring (bicyclic) bond motifs is 1. The third-order valence-corrected chi connectivity index (χ3v) is 5.30. The highest BCUT2D eigenvalue weighted by molar-refractivity contribution is 9.10. The predicted octanol–water partition coefficient (Wildman–Crippen LogP) is 4.87. The first-order valence-corrected chi connectivity index (χ1v) is 9.67. The van der Waals surface area contributed by atoms with Crippen molar-refractivity contribution < 1.29 is 9.53 Å². The fourth-order valence-corrected chi connectivity index (χ4v) is 3.86. The summed E-state index contributed by atoms with van der Waals surface area (Å²) in [4.78, 5) is 12.3. The number of hydrogen-bond donors (Lipinski definition) is 1. The molecule has 0 unspecified atom stereocenters. The lowest BCUT2D eigenvalue weighted by Gasteiger charge is -2.17. The lowest BCUT2D eigenvalue weighted by Crippen LogP contribution is -2.21. The molecular formula is C21H24BrNO2. The Hall–Kier alpha value is -1.81. The van der Waals surface area contributed by atoms with Gasteiger partial charge in [0.15, 0.2) is 0 Å². The maximum Gasteiger partial charge on any atom is 0.251 e. The van der Waals surface area contributed by atoms with Crippen molar-refractivity contribution in [3.63, 3.8) is 0 Å². The van der Waals surface area contributed by atoms with E-state index in [0.29, 0.717) is 12.5 Å². The maximum absolute atomic E-state index is 12.3. The van der Waals surface area contributed by atoms with E-state index in [0.717, 1.165) is 47.0 Å². The number of rotatable bonds is 6. The quantitative estimate of drug-likeness (QED) is 0.701. The highest BCUT2D eigenvalue weighted by atomic mass is 79.9. The van der Waals surface area contributed by atoms with E-state index < -0.39 is 0 Å². The van der Waals surface area contributed by atoms with Gasteiger partial charge in [-0.05, 0) is 72.2 Å². The minimum atomic E-state index is -0.0350. The van der Waals surface area contributed by atoms with Crippen LogP contribution in [-0.2, 0) is 12.8 Å². The van der Waals surface area contributed by atoms with Crippen LogP contribution in [0.3, 0.4) is 0 Å². The summed E-state index contributed by atoms with van der Waals surface area (Å²) in [6, 6.07) is 12.3. The summed E-state index contributed by atoms with van der Waals surface area (Å²) < 4.78 is 6.98. The van der Waals surface area contributed by atoms with Gasteiger partial charge in [-0.25, -0.2) is 0 Å². The summed E-state index contributed by atoms with van der Waals surface area (Å²) in [6.07, 6.45) is 4.06. The normalized spacial score (nSPS) is 15.7. The number of benzene rings is 2. The van der Waals surface area contributed by atoms with Gasteiger partial charge in [-0.15, -0.1) is 0 Å². The molecule has 25 heavy (non-hydrogen) atoms. The number of ether oxygens (including phenoxy) is 1. The topological polar surface area (TPSA) is 38.3 Å². The second-order valence-electron chi connectivity index (χ2n) is 6.55. The second kappa shape index (κ2) is 8.05. The van der Waals surface area contributed by atoms with Crippen LogP contribution in [0.2, 0.25) is 0 Å². The highest BCUT2D eigenvalue weighted by Crippen LogP contribution is 2.38. The highest BCUT2D eigenvalue weighted by Gasteiger charge is 2.27. The maximum atomic E-state index is 12.3. The fourth-order valence-electron chi connectivity index (χ4n) is 3.45. The van der Waals surface area contributed by atoms with Crippen LogP contribution in [0, 0.1) is 0 Å². The molecule has 0 bridgehead atoms. The van der Waals surface area contributed by atoms with E-state index in [1.54, 1.807) is 7.05 Å². The molecule has 1 N–H and O–H groups in total. The Bertz CT molecular complexity index is 772. The summed E-state index contributed by atoms with van der Waals surface area (Å²) in [5.41, 5.74) is 4.57. The van der Waals surface area contributed by atoms with Crippen LogP contribution in [0.4, 0.5) is 0 Å². The molecule has 1 atom stereocenters. The molecule has 132 valence electrons. The van der Waals surface area contributed by atoms with Crippen LogP contribution >= 0.6 is 15.9 Å². The Balaban J connectivity index is 1.90. The molecule has 0 aliphatic heterocycles. The van der Waals surface area contributed by atoms with Gasteiger partial charge in [-0.1, -0.05) is 35.3 Å². The molecule has 0 saturated heterocycles. The summed E-state index contributed by atoms with van der Waals surface area (Å²) in [7, 11) is 1.68. The number of hydrogen-bond acceptors (Lipinski definition) is 2. The van der Waals surface area contributed by atoms with Gasteiger partial charge in [0.1, 0.15) is 5.75 Å². The van der Waals surface area contributed by atoms with Crippen LogP contribution in [0.15, 0.2) is 40.9 Å². The summed E-state index contributed by atoms with van der Waals surface area (Å²) >= 11 is 3.55. The average Bonchev–Trinajstić information content (AvgIpc) is 3.04. The molecule has 2 aromatic carbocycles. The van der Waals surface area contributed by atoms with E-state index in [1.807, 2.05) is 12.1 Å². The van der Waals surface area contributed by atoms with Crippen molar-refractivity contribution in [3.05, 3.63) is 63.1 Å². The molecule has 3 rings (SSSR count). The van der Waals surface area contributed by atoms with E-state index in [2.05, 4.69) is 52.4 Å².